The van der Waals surface area contributed by atoms with Gasteiger partial charge >= 0.3 is 5.97 Å². The van der Waals surface area contributed by atoms with Gasteiger partial charge in [-0.1, -0.05) is 24.3 Å². The molecule has 0 radical (unpaired) electrons. The van der Waals surface area contributed by atoms with Crippen LogP contribution >= 0.6 is 0 Å². The first-order valence-electron chi connectivity index (χ1n) is 6.08. The number of rotatable bonds is 7. The number of hydrogen-bond acceptors (Lipinski definition) is 2. The first-order valence-corrected chi connectivity index (χ1v) is 6.08. The molecule has 0 bridgehead atoms. The van der Waals surface area contributed by atoms with Crippen molar-refractivity contribution in [2.24, 2.45) is 0 Å². The van der Waals surface area contributed by atoms with E-state index in [4.69, 9.17) is 5.11 Å². The largest absolute Gasteiger partial charge is 0.481 e. The second-order valence-electron chi connectivity index (χ2n) is 4.46. The van der Waals surface area contributed by atoms with Crippen molar-refractivity contribution < 1.29 is 9.90 Å². The lowest BCUT2D eigenvalue weighted by atomic mass is 10.0. The zero-order valence-electron chi connectivity index (χ0n) is 10.6. The van der Waals surface area contributed by atoms with Gasteiger partial charge in [-0.2, -0.15) is 0 Å². The molecule has 0 unspecified atom stereocenters. The van der Waals surface area contributed by atoms with Crippen LogP contribution in [0.15, 0.2) is 24.3 Å². The van der Waals surface area contributed by atoms with Crippen LogP contribution in [0.25, 0.3) is 0 Å². The third-order valence-corrected chi connectivity index (χ3v) is 2.91. The Morgan fingerprint density at radius 3 is 2.41 bits per heavy atom. The molecule has 1 aromatic rings. The van der Waals surface area contributed by atoms with Gasteiger partial charge < -0.3 is 10.4 Å². The molecule has 0 fully saturated rings. The number of carboxylic acids is 1. The van der Waals surface area contributed by atoms with Gasteiger partial charge in [0.05, 0.1) is 0 Å². The standard InChI is InChI=1S/C14H21NO2/c1-11(15-2)10-13-8-6-12(7-9-13)4-3-5-14(16)17/h6-9,11,15H,3-5,10H2,1-2H3,(H,16,17)/t11-/m1/s1. The molecule has 0 aliphatic heterocycles. The van der Waals surface area contributed by atoms with Gasteiger partial charge in [-0.15, -0.1) is 0 Å². The lowest BCUT2D eigenvalue weighted by Gasteiger charge is -2.10. The predicted molar refractivity (Wildman–Crippen MR) is 69.2 cm³/mol. The van der Waals surface area contributed by atoms with Gasteiger partial charge in [0.1, 0.15) is 0 Å². The highest BCUT2D eigenvalue weighted by Crippen LogP contribution is 2.09. The third kappa shape index (κ3) is 5.50. The van der Waals surface area contributed by atoms with Gasteiger partial charge in [0.25, 0.3) is 0 Å². The van der Waals surface area contributed by atoms with Crippen molar-refractivity contribution in [1.82, 2.24) is 5.32 Å². The molecule has 0 aromatic heterocycles. The van der Waals surface area contributed by atoms with E-state index in [1.54, 1.807) is 0 Å². The molecule has 1 aromatic carbocycles. The van der Waals surface area contributed by atoms with E-state index >= 15 is 0 Å². The Labute approximate surface area is 103 Å². The van der Waals surface area contributed by atoms with Crippen LogP contribution in [-0.4, -0.2) is 24.2 Å². The minimum absolute atomic E-state index is 0.249. The minimum Gasteiger partial charge on any atom is -0.481 e. The van der Waals surface area contributed by atoms with Crippen molar-refractivity contribution in [3.05, 3.63) is 35.4 Å². The molecular weight excluding hydrogens is 214 g/mol. The molecular formula is C14H21NO2. The molecule has 1 rings (SSSR count). The molecule has 0 spiro atoms. The molecule has 17 heavy (non-hydrogen) atoms. The van der Waals surface area contributed by atoms with Crippen molar-refractivity contribution >= 4 is 5.97 Å². The Morgan fingerprint density at radius 2 is 1.88 bits per heavy atom. The van der Waals surface area contributed by atoms with Crippen LogP contribution in [0.1, 0.15) is 30.9 Å². The van der Waals surface area contributed by atoms with Crippen molar-refractivity contribution in [1.29, 1.82) is 0 Å². The van der Waals surface area contributed by atoms with E-state index < -0.39 is 5.97 Å². The highest BCUT2D eigenvalue weighted by Gasteiger charge is 2.01. The number of carbonyl (C=O) groups is 1. The van der Waals surface area contributed by atoms with Crippen LogP contribution in [0.3, 0.4) is 0 Å². The summed E-state index contributed by atoms with van der Waals surface area (Å²) in [5.74, 6) is -0.718. The van der Waals surface area contributed by atoms with Crippen molar-refractivity contribution in [3.63, 3.8) is 0 Å². The SMILES string of the molecule is CN[C@H](C)Cc1ccc(CCCC(=O)O)cc1. The summed E-state index contributed by atoms with van der Waals surface area (Å²) in [6.07, 6.45) is 2.82. The highest BCUT2D eigenvalue weighted by molar-refractivity contribution is 5.66. The fourth-order valence-electron chi connectivity index (χ4n) is 1.74. The van der Waals surface area contributed by atoms with E-state index in [0.29, 0.717) is 12.5 Å². The fourth-order valence-corrected chi connectivity index (χ4v) is 1.74. The number of benzene rings is 1. The summed E-state index contributed by atoms with van der Waals surface area (Å²) in [6.45, 7) is 2.15. The van der Waals surface area contributed by atoms with Gasteiger partial charge in [-0.05, 0) is 44.4 Å². The van der Waals surface area contributed by atoms with Gasteiger partial charge in [0.2, 0.25) is 0 Å². The monoisotopic (exact) mass is 235 g/mol. The summed E-state index contributed by atoms with van der Waals surface area (Å²) in [6, 6.07) is 8.93. The number of carboxylic acid groups (broad SMARTS) is 1. The van der Waals surface area contributed by atoms with Gasteiger partial charge in [0.15, 0.2) is 0 Å². The second kappa shape index (κ2) is 7.07. The smallest absolute Gasteiger partial charge is 0.303 e. The van der Waals surface area contributed by atoms with E-state index in [0.717, 1.165) is 12.8 Å². The van der Waals surface area contributed by atoms with Gasteiger partial charge in [-0.3, -0.25) is 4.79 Å². The molecule has 2 N–H and O–H groups in total. The summed E-state index contributed by atoms with van der Waals surface area (Å²) in [4.78, 5) is 10.4. The van der Waals surface area contributed by atoms with Crippen molar-refractivity contribution in [2.45, 2.75) is 38.6 Å². The maximum atomic E-state index is 10.4. The maximum Gasteiger partial charge on any atom is 0.303 e. The molecule has 0 aliphatic carbocycles. The molecule has 3 heteroatoms. The molecule has 0 amide bonds. The van der Waals surface area contributed by atoms with Crippen LogP contribution in [0, 0.1) is 0 Å². The minimum atomic E-state index is -0.718. The average molecular weight is 235 g/mol. The topological polar surface area (TPSA) is 49.3 Å². The number of hydrogen-bond donors (Lipinski definition) is 2. The molecule has 0 saturated heterocycles. The highest BCUT2D eigenvalue weighted by atomic mass is 16.4. The number of nitrogens with one attached hydrogen (secondary N) is 1. The normalized spacial score (nSPS) is 12.4. The van der Waals surface area contributed by atoms with Crippen LogP contribution in [0.5, 0.6) is 0 Å². The van der Waals surface area contributed by atoms with Crippen LogP contribution in [-0.2, 0) is 17.6 Å². The molecule has 0 aliphatic rings. The molecule has 0 heterocycles. The average Bonchev–Trinajstić information content (AvgIpc) is 2.31. The Morgan fingerprint density at radius 1 is 1.29 bits per heavy atom. The van der Waals surface area contributed by atoms with E-state index in [1.165, 1.54) is 11.1 Å². The summed E-state index contributed by atoms with van der Waals surface area (Å²) in [5, 5.41) is 11.8. The summed E-state index contributed by atoms with van der Waals surface area (Å²) >= 11 is 0. The van der Waals surface area contributed by atoms with E-state index in [1.807, 2.05) is 7.05 Å². The fraction of sp³-hybridized carbons (Fsp3) is 0.500. The Kier molecular flexibility index (Phi) is 5.70. The number of aliphatic carboxylic acids is 1. The Hall–Kier alpha value is -1.35. The third-order valence-electron chi connectivity index (χ3n) is 2.91. The number of aryl methyl sites for hydroxylation is 1. The van der Waals surface area contributed by atoms with Gasteiger partial charge in [0, 0.05) is 12.5 Å². The molecule has 94 valence electrons. The van der Waals surface area contributed by atoms with Crippen LogP contribution in [0.2, 0.25) is 0 Å². The van der Waals surface area contributed by atoms with E-state index in [2.05, 4.69) is 36.5 Å². The zero-order chi connectivity index (χ0) is 12.7. The summed E-state index contributed by atoms with van der Waals surface area (Å²) in [5.41, 5.74) is 2.53. The van der Waals surface area contributed by atoms with E-state index in [-0.39, 0.29) is 6.42 Å². The lowest BCUT2D eigenvalue weighted by molar-refractivity contribution is -0.137. The molecule has 3 nitrogen and oxygen atoms in total. The molecule has 0 saturated carbocycles. The van der Waals surface area contributed by atoms with Crippen LogP contribution in [0.4, 0.5) is 0 Å². The molecule has 1 atom stereocenters. The van der Waals surface area contributed by atoms with Crippen molar-refractivity contribution in [2.75, 3.05) is 7.05 Å². The van der Waals surface area contributed by atoms with E-state index in [9.17, 15) is 4.79 Å². The Bertz CT molecular complexity index is 346. The summed E-state index contributed by atoms with van der Waals surface area (Å²) < 4.78 is 0. The quantitative estimate of drug-likeness (QED) is 0.762. The maximum absolute atomic E-state index is 10.4. The van der Waals surface area contributed by atoms with Crippen LogP contribution < -0.4 is 5.32 Å². The lowest BCUT2D eigenvalue weighted by Crippen LogP contribution is -2.23. The zero-order valence-corrected chi connectivity index (χ0v) is 10.6. The summed E-state index contributed by atoms with van der Waals surface area (Å²) in [7, 11) is 1.96. The first kappa shape index (κ1) is 13.7. The Balaban J connectivity index is 2.42. The van der Waals surface area contributed by atoms with Crippen molar-refractivity contribution in [3.8, 4) is 0 Å². The number of likely N-dealkylation sites (N-methyl/N-ethyl adjacent to an activating group) is 1. The van der Waals surface area contributed by atoms with Gasteiger partial charge in [-0.25, -0.2) is 0 Å². The first-order chi connectivity index (χ1) is 8.11. The second-order valence-corrected chi connectivity index (χ2v) is 4.46. The predicted octanol–water partition coefficient (Wildman–Crippen LogP) is 2.24.